The van der Waals surface area contributed by atoms with Crippen molar-refractivity contribution in [1.29, 1.82) is 0 Å². The number of amides is 1. The monoisotopic (exact) mass is 428 g/mol. The number of hydrogen-bond acceptors (Lipinski definition) is 6. The Labute approximate surface area is 185 Å². The molecule has 2 aromatic heterocycles. The SMILES string of the molecule is O=C(c1cccc(-n2cnnn2)c1)N1CCN(CCn2ccnc2-c2ccccc2)CC1. The maximum atomic E-state index is 13.0. The summed E-state index contributed by atoms with van der Waals surface area (Å²) in [4.78, 5) is 21.8. The van der Waals surface area contributed by atoms with E-state index in [-0.39, 0.29) is 5.91 Å². The number of hydrogen-bond donors (Lipinski definition) is 0. The van der Waals surface area contributed by atoms with Gasteiger partial charge < -0.3 is 9.47 Å². The van der Waals surface area contributed by atoms with Crippen LogP contribution >= 0.6 is 0 Å². The average molecular weight is 429 g/mol. The van der Waals surface area contributed by atoms with Gasteiger partial charge in [-0.3, -0.25) is 9.69 Å². The number of carbonyl (C=O) groups is 1. The van der Waals surface area contributed by atoms with Gasteiger partial charge in [-0.2, -0.15) is 0 Å². The minimum atomic E-state index is 0.0422. The van der Waals surface area contributed by atoms with Crippen molar-refractivity contribution >= 4 is 5.91 Å². The van der Waals surface area contributed by atoms with Crippen molar-refractivity contribution in [3.63, 3.8) is 0 Å². The van der Waals surface area contributed by atoms with Crippen LogP contribution < -0.4 is 0 Å². The molecule has 0 saturated carbocycles. The van der Waals surface area contributed by atoms with Gasteiger partial charge in [-0.1, -0.05) is 36.4 Å². The molecule has 0 spiro atoms. The number of aromatic nitrogens is 6. The molecule has 0 N–H and O–H groups in total. The highest BCUT2D eigenvalue weighted by Crippen LogP contribution is 2.17. The third kappa shape index (κ3) is 4.28. The van der Waals surface area contributed by atoms with Gasteiger partial charge in [-0.05, 0) is 28.6 Å². The number of carbonyl (C=O) groups excluding carboxylic acids is 1. The predicted octanol–water partition coefficient (Wildman–Crippen LogP) is 1.98. The minimum Gasteiger partial charge on any atom is -0.336 e. The van der Waals surface area contributed by atoms with Gasteiger partial charge in [0.1, 0.15) is 12.2 Å². The van der Waals surface area contributed by atoms with Crippen molar-refractivity contribution in [3.8, 4) is 17.1 Å². The molecular weight excluding hydrogens is 404 g/mol. The normalized spacial score (nSPS) is 14.6. The van der Waals surface area contributed by atoms with E-state index in [9.17, 15) is 4.79 Å². The fraction of sp³-hybridized carbons (Fsp3) is 0.261. The molecule has 0 bridgehead atoms. The second kappa shape index (κ2) is 9.11. The second-order valence-corrected chi connectivity index (χ2v) is 7.75. The number of piperazine rings is 1. The molecular formula is C23H24N8O. The second-order valence-electron chi connectivity index (χ2n) is 7.75. The standard InChI is InChI=1S/C23H24N8O/c32-23(20-7-4-8-21(17-20)31-18-25-26-27-31)30-15-12-28(13-16-30)11-14-29-10-9-24-22(29)19-5-2-1-3-6-19/h1-10,17-18H,11-16H2. The Morgan fingerprint density at radius 3 is 2.56 bits per heavy atom. The van der Waals surface area contributed by atoms with E-state index in [1.807, 2.05) is 59.8 Å². The summed E-state index contributed by atoms with van der Waals surface area (Å²) < 4.78 is 3.74. The van der Waals surface area contributed by atoms with Crippen LogP contribution in [0.15, 0.2) is 73.3 Å². The molecule has 0 unspecified atom stereocenters. The third-order valence-corrected chi connectivity index (χ3v) is 5.77. The molecule has 162 valence electrons. The molecule has 9 heteroatoms. The summed E-state index contributed by atoms with van der Waals surface area (Å²) in [6.07, 6.45) is 5.40. The first kappa shape index (κ1) is 20.1. The van der Waals surface area contributed by atoms with E-state index in [4.69, 9.17) is 0 Å². The summed E-state index contributed by atoms with van der Waals surface area (Å²) in [5.74, 6) is 1.03. The van der Waals surface area contributed by atoms with Crippen LogP contribution in [0.1, 0.15) is 10.4 Å². The van der Waals surface area contributed by atoms with Crippen LogP contribution in [0.25, 0.3) is 17.1 Å². The van der Waals surface area contributed by atoms with E-state index < -0.39 is 0 Å². The molecule has 4 aromatic rings. The van der Waals surface area contributed by atoms with Crippen molar-refractivity contribution in [1.82, 2.24) is 39.6 Å². The van der Waals surface area contributed by atoms with Crippen molar-refractivity contribution in [2.75, 3.05) is 32.7 Å². The fourth-order valence-electron chi connectivity index (χ4n) is 4.00. The van der Waals surface area contributed by atoms with Gasteiger partial charge in [0, 0.05) is 62.8 Å². The summed E-state index contributed by atoms with van der Waals surface area (Å²) in [5, 5.41) is 11.2. The molecule has 1 aliphatic heterocycles. The average Bonchev–Trinajstić information content (AvgIpc) is 3.56. The Bertz CT molecular complexity index is 1160. The highest BCUT2D eigenvalue weighted by atomic mass is 16.2. The molecule has 2 aromatic carbocycles. The molecule has 9 nitrogen and oxygen atoms in total. The number of tetrazole rings is 1. The number of nitrogens with zero attached hydrogens (tertiary/aromatic N) is 8. The van der Waals surface area contributed by atoms with Gasteiger partial charge in [0.25, 0.3) is 5.91 Å². The van der Waals surface area contributed by atoms with E-state index in [2.05, 4.69) is 42.1 Å². The summed E-state index contributed by atoms with van der Waals surface area (Å²) >= 11 is 0. The Morgan fingerprint density at radius 1 is 0.938 bits per heavy atom. The van der Waals surface area contributed by atoms with E-state index in [0.29, 0.717) is 18.7 Å². The van der Waals surface area contributed by atoms with Crippen LogP contribution in [0, 0.1) is 0 Å². The van der Waals surface area contributed by atoms with Gasteiger partial charge in [0.05, 0.1) is 5.69 Å². The van der Waals surface area contributed by atoms with Crippen LogP contribution in [0.5, 0.6) is 0 Å². The molecule has 1 saturated heterocycles. The minimum absolute atomic E-state index is 0.0422. The molecule has 1 aliphatic rings. The van der Waals surface area contributed by atoms with Gasteiger partial charge in [0.15, 0.2) is 0 Å². The van der Waals surface area contributed by atoms with E-state index in [1.54, 1.807) is 4.68 Å². The zero-order valence-corrected chi connectivity index (χ0v) is 17.7. The maximum absolute atomic E-state index is 13.0. The smallest absolute Gasteiger partial charge is 0.254 e. The summed E-state index contributed by atoms with van der Waals surface area (Å²) in [7, 11) is 0. The van der Waals surface area contributed by atoms with Crippen LogP contribution in [0.2, 0.25) is 0 Å². The van der Waals surface area contributed by atoms with Gasteiger partial charge in [0.2, 0.25) is 0 Å². The number of rotatable bonds is 6. The third-order valence-electron chi connectivity index (χ3n) is 5.77. The van der Waals surface area contributed by atoms with Gasteiger partial charge in [-0.15, -0.1) is 5.10 Å². The molecule has 0 radical (unpaired) electrons. The lowest BCUT2D eigenvalue weighted by Crippen LogP contribution is -2.49. The van der Waals surface area contributed by atoms with Crippen LogP contribution in [0.4, 0.5) is 0 Å². The fourth-order valence-corrected chi connectivity index (χ4v) is 4.00. The Kier molecular flexibility index (Phi) is 5.71. The van der Waals surface area contributed by atoms with Crippen molar-refractivity contribution in [3.05, 3.63) is 78.9 Å². The molecule has 3 heterocycles. The van der Waals surface area contributed by atoms with E-state index in [0.717, 1.165) is 43.3 Å². The van der Waals surface area contributed by atoms with Crippen LogP contribution in [0.3, 0.4) is 0 Å². The predicted molar refractivity (Wildman–Crippen MR) is 119 cm³/mol. The summed E-state index contributed by atoms with van der Waals surface area (Å²) in [6.45, 7) is 4.92. The largest absolute Gasteiger partial charge is 0.336 e. The molecule has 0 atom stereocenters. The number of benzene rings is 2. The molecule has 1 amide bonds. The lowest BCUT2D eigenvalue weighted by atomic mass is 10.1. The van der Waals surface area contributed by atoms with Gasteiger partial charge in [-0.25, -0.2) is 9.67 Å². The van der Waals surface area contributed by atoms with Gasteiger partial charge >= 0.3 is 0 Å². The summed E-state index contributed by atoms with van der Waals surface area (Å²) in [6, 6.07) is 17.6. The lowest BCUT2D eigenvalue weighted by molar-refractivity contribution is 0.0633. The van der Waals surface area contributed by atoms with Crippen molar-refractivity contribution in [2.45, 2.75) is 6.54 Å². The van der Waals surface area contributed by atoms with Crippen molar-refractivity contribution < 1.29 is 4.79 Å². The van der Waals surface area contributed by atoms with Crippen LogP contribution in [-0.2, 0) is 6.54 Å². The Hall–Kier alpha value is -3.85. The van der Waals surface area contributed by atoms with Crippen LogP contribution in [-0.4, -0.2) is 78.2 Å². The quantitative estimate of drug-likeness (QED) is 0.467. The summed E-state index contributed by atoms with van der Waals surface area (Å²) in [5.41, 5.74) is 2.54. The van der Waals surface area contributed by atoms with E-state index in [1.165, 1.54) is 6.33 Å². The molecule has 0 aliphatic carbocycles. The van der Waals surface area contributed by atoms with E-state index >= 15 is 0 Å². The molecule has 32 heavy (non-hydrogen) atoms. The number of imidazole rings is 1. The maximum Gasteiger partial charge on any atom is 0.254 e. The first-order chi connectivity index (χ1) is 15.8. The first-order valence-corrected chi connectivity index (χ1v) is 10.7. The topological polar surface area (TPSA) is 85.0 Å². The van der Waals surface area contributed by atoms with Crippen molar-refractivity contribution in [2.24, 2.45) is 0 Å². The highest BCUT2D eigenvalue weighted by molar-refractivity contribution is 5.94. The lowest BCUT2D eigenvalue weighted by Gasteiger charge is -2.35. The zero-order valence-electron chi connectivity index (χ0n) is 17.7. The Morgan fingerprint density at radius 2 is 1.78 bits per heavy atom. The zero-order chi connectivity index (χ0) is 21.8. The molecule has 1 fully saturated rings. The highest BCUT2D eigenvalue weighted by Gasteiger charge is 2.22. The Balaban J connectivity index is 1.17. The molecule has 5 rings (SSSR count). The first-order valence-electron chi connectivity index (χ1n) is 10.7.